The fourth-order valence-electron chi connectivity index (χ4n) is 2.00. The van der Waals surface area contributed by atoms with Crippen LogP contribution in [0.25, 0.3) is 0 Å². The first-order chi connectivity index (χ1) is 12.0. The maximum absolute atomic E-state index is 12.1. The van der Waals surface area contributed by atoms with Crippen molar-refractivity contribution in [1.29, 1.82) is 0 Å². The summed E-state index contributed by atoms with van der Waals surface area (Å²) in [5, 5.41) is 4.35. The molecule has 9 heteroatoms. The number of rotatable bonds is 7. The summed E-state index contributed by atoms with van der Waals surface area (Å²) in [6, 6.07) is 3.52. The van der Waals surface area contributed by atoms with Crippen molar-refractivity contribution in [2.45, 2.75) is 18.6 Å². The highest BCUT2D eigenvalue weighted by atomic mass is 35.5. The summed E-state index contributed by atoms with van der Waals surface area (Å²) in [4.78, 5) is 20.5. The Balaban J connectivity index is 2.27. The molecule has 0 amide bonds. The van der Waals surface area contributed by atoms with Gasteiger partial charge in [-0.3, -0.25) is 0 Å². The number of esters is 1. The van der Waals surface area contributed by atoms with Crippen molar-refractivity contribution in [2.75, 3.05) is 25.3 Å². The number of carbonyl (C=O) groups is 1. The molecule has 6 nitrogen and oxygen atoms in total. The number of nitrogens with one attached hydrogen (secondary N) is 1. The van der Waals surface area contributed by atoms with Crippen molar-refractivity contribution in [1.82, 2.24) is 9.97 Å². The number of ether oxygens (including phenoxy) is 2. The van der Waals surface area contributed by atoms with Crippen LogP contribution in [0.1, 0.15) is 22.8 Å². The molecule has 0 atom stereocenters. The number of nitrogens with zero attached hydrogens (tertiary/aromatic N) is 2. The SMILES string of the molecule is CCOC(=O)c1cnc(SC)nc1NCc1ccc(OC)c(Cl)c1Cl. The van der Waals surface area contributed by atoms with Gasteiger partial charge in [-0.1, -0.05) is 41.0 Å². The molecule has 2 rings (SSSR count). The van der Waals surface area contributed by atoms with Crippen LogP contribution in [0.3, 0.4) is 0 Å². The van der Waals surface area contributed by atoms with E-state index in [-0.39, 0.29) is 12.2 Å². The lowest BCUT2D eigenvalue weighted by Crippen LogP contribution is -2.13. The maximum Gasteiger partial charge on any atom is 0.343 e. The van der Waals surface area contributed by atoms with Gasteiger partial charge in [0.2, 0.25) is 0 Å². The van der Waals surface area contributed by atoms with Crippen molar-refractivity contribution in [3.63, 3.8) is 0 Å². The Bertz CT molecular complexity index is 775. The van der Waals surface area contributed by atoms with Gasteiger partial charge in [-0.25, -0.2) is 14.8 Å². The van der Waals surface area contributed by atoms with E-state index in [9.17, 15) is 4.79 Å². The van der Waals surface area contributed by atoms with Crippen molar-refractivity contribution in [3.05, 3.63) is 39.5 Å². The van der Waals surface area contributed by atoms with Gasteiger partial charge >= 0.3 is 5.97 Å². The molecule has 1 aromatic heterocycles. The molecule has 0 radical (unpaired) electrons. The van der Waals surface area contributed by atoms with Crippen LogP contribution in [0.5, 0.6) is 5.75 Å². The standard InChI is InChI=1S/C16H17Cl2N3O3S/c1-4-24-15(22)10-8-20-16(25-3)21-14(10)19-7-9-5-6-11(23-2)13(18)12(9)17/h5-6,8H,4,7H2,1-3H3,(H,19,20,21). The molecule has 0 bridgehead atoms. The predicted octanol–water partition coefficient (Wildman–Crippen LogP) is 4.30. The summed E-state index contributed by atoms with van der Waals surface area (Å²) in [7, 11) is 1.52. The minimum atomic E-state index is -0.489. The quantitative estimate of drug-likeness (QED) is 0.420. The second-order valence-corrected chi connectivity index (χ2v) is 6.28. The number of aromatic nitrogens is 2. The van der Waals surface area contributed by atoms with Gasteiger partial charge in [-0.05, 0) is 24.8 Å². The van der Waals surface area contributed by atoms with Crippen LogP contribution in [-0.4, -0.2) is 35.9 Å². The smallest absolute Gasteiger partial charge is 0.343 e. The van der Waals surface area contributed by atoms with Gasteiger partial charge in [-0.15, -0.1) is 0 Å². The fourth-order valence-corrected chi connectivity index (χ4v) is 2.83. The molecule has 1 aromatic carbocycles. The summed E-state index contributed by atoms with van der Waals surface area (Å²) < 4.78 is 10.2. The Morgan fingerprint density at radius 3 is 2.72 bits per heavy atom. The molecule has 0 saturated carbocycles. The van der Waals surface area contributed by atoms with Crippen LogP contribution in [-0.2, 0) is 11.3 Å². The maximum atomic E-state index is 12.1. The van der Waals surface area contributed by atoms with E-state index in [4.69, 9.17) is 32.7 Å². The Kier molecular flexibility index (Phi) is 7.16. The number of hydrogen-bond donors (Lipinski definition) is 1. The molecule has 0 aliphatic heterocycles. The largest absolute Gasteiger partial charge is 0.495 e. The van der Waals surface area contributed by atoms with Crippen LogP contribution in [0.4, 0.5) is 5.82 Å². The number of anilines is 1. The number of hydrogen-bond acceptors (Lipinski definition) is 7. The first-order valence-corrected chi connectivity index (χ1v) is 9.32. The summed E-state index contributed by atoms with van der Waals surface area (Å²) in [5.74, 6) is 0.381. The molecule has 1 heterocycles. The van der Waals surface area contributed by atoms with Gasteiger partial charge in [0.15, 0.2) is 5.16 Å². The molecule has 25 heavy (non-hydrogen) atoms. The summed E-state index contributed by atoms with van der Waals surface area (Å²) in [6.45, 7) is 2.32. The van der Waals surface area contributed by atoms with Crippen molar-refractivity contribution < 1.29 is 14.3 Å². The van der Waals surface area contributed by atoms with Gasteiger partial charge in [-0.2, -0.15) is 0 Å². The van der Waals surface area contributed by atoms with Crippen LogP contribution in [0, 0.1) is 0 Å². The highest BCUT2D eigenvalue weighted by molar-refractivity contribution is 7.98. The van der Waals surface area contributed by atoms with E-state index in [1.807, 2.05) is 6.26 Å². The molecule has 0 fully saturated rings. The first-order valence-electron chi connectivity index (χ1n) is 7.34. The predicted molar refractivity (Wildman–Crippen MR) is 100 cm³/mol. The van der Waals surface area contributed by atoms with Gasteiger partial charge < -0.3 is 14.8 Å². The second-order valence-electron chi connectivity index (χ2n) is 4.75. The van der Waals surface area contributed by atoms with Crippen LogP contribution in [0.2, 0.25) is 10.0 Å². The molecule has 0 aliphatic carbocycles. The minimum absolute atomic E-state index is 0.260. The average molecular weight is 402 g/mol. The second kappa shape index (κ2) is 9.12. The number of thioether (sulfide) groups is 1. The third-order valence-corrected chi connectivity index (χ3v) is 4.70. The Labute approximate surface area is 160 Å². The zero-order chi connectivity index (χ0) is 18.4. The Hall–Kier alpha value is -1.70. The van der Waals surface area contributed by atoms with Crippen molar-refractivity contribution >= 4 is 46.8 Å². The third kappa shape index (κ3) is 4.68. The average Bonchev–Trinajstić information content (AvgIpc) is 2.63. The number of methoxy groups -OCH3 is 1. The molecular formula is C16H17Cl2N3O3S. The Morgan fingerprint density at radius 1 is 1.32 bits per heavy atom. The van der Waals surface area contributed by atoms with E-state index < -0.39 is 5.97 Å². The van der Waals surface area contributed by atoms with E-state index in [2.05, 4.69) is 15.3 Å². The zero-order valence-corrected chi connectivity index (χ0v) is 16.3. The third-order valence-electron chi connectivity index (χ3n) is 3.24. The lowest BCUT2D eigenvalue weighted by molar-refractivity contribution is 0.0526. The monoisotopic (exact) mass is 401 g/mol. The highest BCUT2D eigenvalue weighted by Gasteiger charge is 2.17. The van der Waals surface area contributed by atoms with Crippen LogP contribution in [0.15, 0.2) is 23.5 Å². The molecule has 0 saturated heterocycles. The van der Waals surface area contributed by atoms with E-state index in [0.717, 1.165) is 5.56 Å². The van der Waals surface area contributed by atoms with Crippen molar-refractivity contribution in [3.8, 4) is 5.75 Å². The number of benzene rings is 1. The number of halogens is 2. The first kappa shape index (κ1) is 19.6. The molecule has 0 unspecified atom stereocenters. The van der Waals surface area contributed by atoms with E-state index in [1.54, 1.807) is 19.1 Å². The lowest BCUT2D eigenvalue weighted by Gasteiger charge is -2.13. The summed E-state index contributed by atoms with van der Waals surface area (Å²) >= 11 is 13.8. The molecule has 2 aromatic rings. The zero-order valence-electron chi connectivity index (χ0n) is 13.9. The molecule has 1 N–H and O–H groups in total. The molecule has 134 valence electrons. The van der Waals surface area contributed by atoms with Gasteiger partial charge in [0, 0.05) is 12.7 Å². The summed E-state index contributed by atoms with van der Waals surface area (Å²) in [5.41, 5.74) is 1.00. The topological polar surface area (TPSA) is 73.3 Å². The molecule has 0 spiro atoms. The normalized spacial score (nSPS) is 10.4. The van der Waals surface area contributed by atoms with Gasteiger partial charge in [0.1, 0.15) is 22.2 Å². The number of carbonyl (C=O) groups excluding carboxylic acids is 1. The van der Waals surface area contributed by atoms with E-state index in [1.165, 1.54) is 25.1 Å². The minimum Gasteiger partial charge on any atom is -0.495 e. The van der Waals surface area contributed by atoms with E-state index >= 15 is 0 Å². The summed E-state index contributed by atoms with van der Waals surface area (Å²) in [6.07, 6.45) is 3.30. The van der Waals surface area contributed by atoms with Crippen LogP contribution >= 0.6 is 35.0 Å². The van der Waals surface area contributed by atoms with Crippen LogP contribution < -0.4 is 10.1 Å². The molecule has 0 aliphatic rings. The highest BCUT2D eigenvalue weighted by Crippen LogP contribution is 2.34. The lowest BCUT2D eigenvalue weighted by atomic mass is 10.2. The van der Waals surface area contributed by atoms with E-state index in [0.29, 0.717) is 33.3 Å². The van der Waals surface area contributed by atoms with Gasteiger partial charge in [0.25, 0.3) is 0 Å². The fraction of sp³-hybridized carbons (Fsp3) is 0.312. The molecular weight excluding hydrogens is 385 g/mol. The van der Waals surface area contributed by atoms with Crippen molar-refractivity contribution in [2.24, 2.45) is 0 Å². The van der Waals surface area contributed by atoms with Gasteiger partial charge in [0.05, 0.1) is 18.7 Å². The Morgan fingerprint density at radius 2 is 2.08 bits per heavy atom.